The first-order chi connectivity index (χ1) is 8.83. The second-order valence-electron chi connectivity index (χ2n) is 5.86. The Balaban J connectivity index is 1.75. The first-order valence-electron chi connectivity index (χ1n) is 7.26. The second-order valence-corrected chi connectivity index (χ2v) is 5.86. The van der Waals surface area contributed by atoms with E-state index in [9.17, 15) is 0 Å². The first kappa shape index (κ1) is 12.0. The van der Waals surface area contributed by atoms with E-state index in [1.54, 1.807) is 0 Å². The zero-order chi connectivity index (χ0) is 12.4. The largest absolute Gasteiger partial charge is 0.382 e. The Morgan fingerprint density at radius 1 is 1.22 bits per heavy atom. The fraction of sp³-hybridized carbons (Fsp3) is 0.625. The SMILES string of the molecule is CC1CC(CC2CCOCC2)c2ccccc2N1. The highest BCUT2D eigenvalue weighted by Gasteiger charge is 2.27. The zero-order valence-corrected chi connectivity index (χ0v) is 11.2. The average Bonchev–Trinajstić information content (AvgIpc) is 2.40. The highest BCUT2D eigenvalue weighted by Crippen LogP contribution is 2.39. The molecule has 0 aromatic heterocycles. The van der Waals surface area contributed by atoms with Crippen LogP contribution in [0.2, 0.25) is 0 Å². The second kappa shape index (κ2) is 5.31. The third kappa shape index (κ3) is 2.54. The van der Waals surface area contributed by atoms with Crippen LogP contribution >= 0.6 is 0 Å². The van der Waals surface area contributed by atoms with Crippen molar-refractivity contribution < 1.29 is 4.74 Å². The third-order valence-corrected chi connectivity index (χ3v) is 4.40. The van der Waals surface area contributed by atoms with E-state index in [0.717, 1.165) is 25.0 Å². The van der Waals surface area contributed by atoms with Gasteiger partial charge in [0.1, 0.15) is 0 Å². The number of rotatable bonds is 2. The molecule has 98 valence electrons. The van der Waals surface area contributed by atoms with Gasteiger partial charge in [-0.2, -0.15) is 0 Å². The molecule has 2 unspecified atom stereocenters. The molecule has 1 aromatic rings. The molecule has 2 nitrogen and oxygen atoms in total. The highest BCUT2D eigenvalue weighted by molar-refractivity contribution is 5.55. The minimum absolute atomic E-state index is 0.602. The predicted molar refractivity (Wildman–Crippen MR) is 75.0 cm³/mol. The van der Waals surface area contributed by atoms with Gasteiger partial charge in [-0.25, -0.2) is 0 Å². The van der Waals surface area contributed by atoms with Gasteiger partial charge < -0.3 is 10.1 Å². The van der Waals surface area contributed by atoms with Crippen LogP contribution in [0.4, 0.5) is 5.69 Å². The molecule has 1 N–H and O–H groups in total. The smallest absolute Gasteiger partial charge is 0.0468 e. The van der Waals surface area contributed by atoms with Gasteiger partial charge in [-0.3, -0.25) is 0 Å². The summed E-state index contributed by atoms with van der Waals surface area (Å²) in [4.78, 5) is 0. The molecule has 3 rings (SSSR count). The van der Waals surface area contributed by atoms with Crippen molar-refractivity contribution >= 4 is 5.69 Å². The van der Waals surface area contributed by atoms with Crippen molar-refractivity contribution in [1.82, 2.24) is 0 Å². The molecule has 2 aliphatic rings. The molecule has 1 saturated heterocycles. The number of para-hydroxylation sites is 1. The summed E-state index contributed by atoms with van der Waals surface area (Å²) in [5, 5.41) is 3.60. The van der Waals surface area contributed by atoms with Gasteiger partial charge in [0.2, 0.25) is 0 Å². The number of anilines is 1. The molecule has 1 aromatic carbocycles. The Kier molecular flexibility index (Phi) is 3.55. The Morgan fingerprint density at radius 3 is 2.83 bits per heavy atom. The van der Waals surface area contributed by atoms with Crippen LogP contribution in [-0.2, 0) is 4.74 Å². The molecule has 0 amide bonds. The fourth-order valence-corrected chi connectivity index (χ4v) is 3.47. The number of benzene rings is 1. The Bertz CT molecular complexity index is 398. The summed E-state index contributed by atoms with van der Waals surface area (Å²) in [6, 6.07) is 9.44. The van der Waals surface area contributed by atoms with Crippen molar-refractivity contribution in [2.45, 2.75) is 44.6 Å². The molecule has 0 saturated carbocycles. The van der Waals surface area contributed by atoms with Crippen LogP contribution in [-0.4, -0.2) is 19.3 Å². The molecule has 2 aliphatic heterocycles. The zero-order valence-electron chi connectivity index (χ0n) is 11.2. The lowest BCUT2D eigenvalue weighted by Gasteiger charge is -2.34. The number of hydrogen-bond donors (Lipinski definition) is 1. The van der Waals surface area contributed by atoms with E-state index in [1.807, 2.05) is 0 Å². The molecule has 2 heterocycles. The van der Waals surface area contributed by atoms with Gasteiger partial charge in [-0.15, -0.1) is 0 Å². The van der Waals surface area contributed by atoms with Gasteiger partial charge in [-0.1, -0.05) is 18.2 Å². The minimum atomic E-state index is 0.602. The van der Waals surface area contributed by atoms with Crippen LogP contribution in [0, 0.1) is 5.92 Å². The maximum atomic E-state index is 5.47. The fourth-order valence-electron chi connectivity index (χ4n) is 3.47. The number of ether oxygens (including phenoxy) is 1. The Hall–Kier alpha value is -1.02. The molecule has 0 spiro atoms. The molecule has 0 radical (unpaired) electrons. The highest BCUT2D eigenvalue weighted by atomic mass is 16.5. The van der Waals surface area contributed by atoms with Crippen molar-refractivity contribution in [1.29, 1.82) is 0 Å². The lowest BCUT2D eigenvalue weighted by Crippen LogP contribution is -2.27. The van der Waals surface area contributed by atoms with E-state index >= 15 is 0 Å². The van der Waals surface area contributed by atoms with E-state index in [2.05, 4.69) is 36.5 Å². The number of hydrogen-bond acceptors (Lipinski definition) is 2. The van der Waals surface area contributed by atoms with E-state index in [4.69, 9.17) is 4.74 Å². The maximum absolute atomic E-state index is 5.47. The Morgan fingerprint density at radius 2 is 2.00 bits per heavy atom. The Labute approximate surface area is 110 Å². The van der Waals surface area contributed by atoms with Crippen molar-refractivity contribution in [3.05, 3.63) is 29.8 Å². The topological polar surface area (TPSA) is 21.3 Å². The van der Waals surface area contributed by atoms with Crippen molar-refractivity contribution in [3.8, 4) is 0 Å². The predicted octanol–water partition coefficient (Wildman–Crippen LogP) is 3.79. The molecule has 2 atom stereocenters. The normalized spacial score (nSPS) is 28.5. The van der Waals surface area contributed by atoms with Gasteiger partial charge in [0, 0.05) is 24.9 Å². The van der Waals surface area contributed by atoms with Gasteiger partial charge in [-0.05, 0) is 56.1 Å². The van der Waals surface area contributed by atoms with E-state index < -0.39 is 0 Å². The molecule has 0 bridgehead atoms. The van der Waals surface area contributed by atoms with Crippen LogP contribution in [0.5, 0.6) is 0 Å². The minimum Gasteiger partial charge on any atom is -0.382 e. The molecule has 18 heavy (non-hydrogen) atoms. The van der Waals surface area contributed by atoms with Crippen LogP contribution in [0.15, 0.2) is 24.3 Å². The third-order valence-electron chi connectivity index (χ3n) is 4.40. The van der Waals surface area contributed by atoms with Crippen LogP contribution in [0.3, 0.4) is 0 Å². The van der Waals surface area contributed by atoms with Gasteiger partial charge >= 0.3 is 0 Å². The van der Waals surface area contributed by atoms with Crippen molar-refractivity contribution in [2.75, 3.05) is 18.5 Å². The summed E-state index contributed by atoms with van der Waals surface area (Å²) in [5.74, 6) is 1.60. The maximum Gasteiger partial charge on any atom is 0.0468 e. The summed E-state index contributed by atoms with van der Waals surface area (Å²) in [5.41, 5.74) is 2.88. The molecular weight excluding hydrogens is 222 g/mol. The van der Waals surface area contributed by atoms with Gasteiger partial charge in [0.15, 0.2) is 0 Å². The molecule has 2 heteroatoms. The summed E-state index contributed by atoms with van der Waals surface area (Å²) in [6.45, 7) is 4.23. The number of fused-ring (bicyclic) bond motifs is 1. The van der Waals surface area contributed by atoms with E-state index in [1.165, 1.54) is 36.9 Å². The summed E-state index contributed by atoms with van der Waals surface area (Å²) < 4.78 is 5.47. The van der Waals surface area contributed by atoms with Gasteiger partial charge in [0.25, 0.3) is 0 Å². The first-order valence-corrected chi connectivity index (χ1v) is 7.26. The molecule has 0 aliphatic carbocycles. The molecular formula is C16H23NO. The summed E-state index contributed by atoms with van der Waals surface area (Å²) >= 11 is 0. The standard InChI is InChI=1S/C16H23NO/c1-12-10-14(11-13-6-8-18-9-7-13)15-4-2-3-5-16(15)17-12/h2-5,12-14,17H,6-11H2,1H3. The lowest BCUT2D eigenvalue weighted by atomic mass is 9.79. The van der Waals surface area contributed by atoms with Crippen molar-refractivity contribution in [3.63, 3.8) is 0 Å². The molecule has 1 fully saturated rings. The van der Waals surface area contributed by atoms with Crippen LogP contribution in [0.1, 0.15) is 44.1 Å². The average molecular weight is 245 g/mol. The summed E-state index contributed by atoms with van der Waals surface area (Å²) in [7, 11) is 0. The van der Waals surface area contributed by atoms with Crippen molar-refractivity contribution in [2.24, 2.45) is 5.92 Å². The summed E-state index contributed by atoms with van der Waals surface area (Å²) in [6.07, 6.45) is 5.11. The van der Waals surface area contributed by atoms with Gasteiger partial charge in [0.05, 0.1) is 0 Å². The van der Waals surface area contributed by atoms with E-state index in [0.29, 0.717) is 6.04 Å². The monoisotopic (exact) mass is 245 g/mol. The number of nitrogens with one attached hydrogen (secondary N) is 1. The lowest BCUT2D eigenvalue weighted by molar-refractivity contribution is 0.0611. The van der Waals surface area contributed by atoms with E-state index in [-0.39, 0.29) is 0 Å². The van der Waals surface area contributed by atoms with Crippen LogP contribution in [0.25, 0.3) is 0 Å². The van der Waals surface area contributed by atoms with Crippen LogP contribution < -0.4 is 5.32 Å². The quantitative estimate of drug-likeness (QED) is 0.856.